The van der Waals surface area contributed by atoms with Gasteiger partial charge in [0.25, 0.3) is 0 Å². The van der Waals surface area contributed by atoms with Crippen LogP contribution in [0.2, 0.25) is 0 Å². The van der Waals surface area contributed by atoms with Crippen molar-refractivity contribution in [2.24, 2.45) is 5.84 Å². The topological polar surface area (TPSA) is 55.9 Å². The smallest absolute Gasteiger partial charge is 0.0644 e. The van der Waals surface area contributed by atoms with Crippen molar-refractivity contribution < 1.29 is 0 Å². The highest BCUT2D eigenvalue weighted by Gasteiger charge is 2.16. The maximum absolute atomic E-state index is 5.76. The fraction of sp³-hybridized carbons (Fsp3) is 0.400. The van der Waals surface area contributed by atoms with E-state index in [-0.39, 0.29) is 6.04 Å². The largest absolute Gasteiger partial charge is 0.271 e. The van der Waals surface area contributed by atoms with Crippen molar-refractivity contribution in [3.05, 3.63) is 49.8 Å². The van der Waals surface area contributed by atoms with Crippen LogP contribution in [0.3, 0.4) is 0 Å². The molecule has 0 radical (unpaired) electrons. The van der Waals surface area contributed by atoms with Gasteiger partial charge in [0, 0.05) is 26.7 Å². The Kier molecular flexibility index (Phi) is 6.21. The monoisotopic (exact) mass is 462 g/mol. The van der Waals surface area contributed by atoms with Gasteiger partial charge in [0.15, 0.2) is 0 Å². The van der Waals surface area contributed by atoms with E-state index in [4.69, 9.17) is 5.84 Å². The molecule has 114 valence electrons. The SMILES string of the molecule is CCC(C)n1ccc(CC(NN)c2cc(Br)ccc2I)n1. The molecule has 1 aromatic heterocycles. The van der Waals surface area contributed by atoms with E-state index in [0.29, 0.717) is 6.04 Å². The van der Waals surface area contributed by atoms with E-state index in [1.165, 1.54) is 9.13 Å². The van der Waals surface area contributed by atoms with Crippen LogP contribution >= 0.6 is 38.5 Å². The summed E-state index contributed by atoms with van der Waals surface area (Å²) < 4.78 is 4.28. The fourth-order valence-corrected chi connectivity index (χ4v) is 3.26. The molecule has 2 aromatic rings. The van der Waals surface area contributed by atoms with Gasteiger partial charge in [0.05, 0.1) is 11.7 Å². The lowest BCUT2D eigenvalue weighted by Gasteiger charge is -2.17. The van der Waals surface area contributed by atoms with E-state index in [2.05, 4.69) is 81.1 Å². The molecule has 0 saturated carbocycles. The minimum absolute atomic E-state index is 0.0506. The van der Waals surface area contributed by atoms with E-state index in [1.807, 2.05) is 16.9 Å². The second kappa shape index (κ2) is 7.71. The molecule has 2 unspecified atom stereocenters. The van der Waals surface area contributed by atoms with Crippen molar-refractivity contribution in [3.63, 3.8) is 0 Å². The van der Waals surface area contributed by atoms with Crippen molar-refractivity contribution in [1.29, 1.82) is 0 Å². The Balaban J connectivity index is 2.19. The number of hydrazine groups is 1. The maximum Gasteiger partial charge on any atom is 0.0644 e. The zero-order valence-electron chi connectivity index (χ0n) is 12.2. The van der Waals surface area contributed by atoms with Crippen LogP contribution in [0.15, 0.2) is 34.9 Å². The van der Waals surface area contributed by atoms with Gasteiger partial charge < -0.3 is 0 Å². The lowest BCUT2D eigenvalue weighted by atomic mass is 10.0. The summed E-state index contributed by atoms with van der Waals surface area (Å²) in [7, 11) is 0. The Bertz CT molecular complexity index is 599. The molecule has 4 nitrogen and oxygen atoms in total. The van der Waals surface area contributed by atoms with Crippen molar-refractivity contribution in [2.75, 3.05) is 0 Å². The average Bonchev–Trinajstić information content (AvgIpc) is 2.95. The van der Waals surface area contributed by atoms with Crippen LogP contribution in [-0.4, -0.2) is 9.78 Å². The molecule has 0 amide bonds. The third kappa shape index (κ3) is 4.28. The molecule has 0 fully saturated rings. The molecule has 0 aliphatic heterocycles. The second-order valence-electron chi connectivity index (χ2n) is 5.13. The zero-order valence-corrected chi connectivity index (χ0v) is 15.9. The normalized spacial score (nSPS) is 14.1. The van der Waals surface area contributed by atoms with Crippen LogP contribution in [0.4, 0.5) is 0 Å². The molecular formula is C15H20BrIN4. The third-order valence-corrected chi connectivity index (χ3v) is 5.13. The van der Waals surface area contributed by atoms with Gasteiger partial charge in [-0.2, -0.15) is 5.10 Å². The minimum atomic E-state index is 0.0506. The van der Waals surface area contributed by atoms with Crippen molar-refractivity contribution in [3.8, 4) is 0 Å². The summed E-state index contributed by atoms with van der Waals surface area (Å²) in [5.41, 5.74) is 5.15. The van der Waals surface area contributed by atoms with Gasteiger partial charge in [0.2, 0.25) is 0 Å². The first-order valence-electron chi connectivity index (χ1n) is 7.00. The second-order valence-corrected chi connectivity index (χ2v) is 7.21. The Morgan fingerprint density at radius 2 is 2.19 bits per heavy atom. The minimum Gasteiger partial charge on any atom is -0.271 e. The highest BCUT2D eigenvalue weighted by molar-refractivity contribution is 14.1. The van der Waals surface area contributed by atoms with Gasteiger partial charge in [-0.1, -0.05) is 22.9 Å². The molecule has 0 aliphatic carbocycles. The van der Waals surface area contributed by atoms with Crippen molar-refractivity contribution >= 4 is 38.5 Å². The van der Waals surface area contributed by atoms with Crippen LogP contribution in [0, 0.1) is 3.57 Å². The first-order chi connectivity index (χ1) is 10.0. The highest BCUT2D eigenvalue weighted by Crippen LogP contribution is 2.26. The molecule has 2 rings (SSSR count). The fourth-order valence-electron chi connectivity index (χ4n) is 2.17. The Morgan fingerprint density at radius 1 is 1.43 bits per heavy atom. The summed E-state index contributed by atoms with van der Waals surface area (Å²) in [6, 6.07) is 8.78. The molecule has 0 aliphatic rings. The number of benzene rings is 1. The van der Waals surface area contributed by atoms with Gasteiger partial charge in [0.1, 0.15) is 0 Å². The molecule has 0 spiro atoms. The number of nitrogens with zero attached hydrogens (tertiary/aromatic N) is 2. The number of aromatic nitrogens is 2. The van der Waals surface area contributed by atoms with E-state index in [1.54, 1.807) is 0 Å². The molecular weight excluding hydrogens is 443 g/mol. The predicted molar refractivity (Wildman–Crippen MR) is 97.9 cm³/mol. The van der Waals surface area contributed by atoms with Crippen LogP contribution in [-0.2, 0) is 6.42 Å². The van der Waals surface area contributed by atoms with E-state index in [0.717, 1.165) is 23.0 Å². The van der Waals surface area contributed by atoms with E-state index >= 15 is 0 Å². The summed E-state index contributed by atoms with van der Waals surface area (Å²) in [5.74, 6) is 5.76. The molecule has 2 atom stereocenters. The Morgan fingerprint density at radius 3 is 2.86 bits per heavy atom. The van der Waals surface area contributed by atoms with Gasteiger partial charge in [-0.15, -0.1) is 0 Å². The Hall–Kier alpha value is -0.440. The lowest BCUT2D eigenvalue weighted by molar-refractivity contribution is 0.467. The number of halogens is 2. The third-order valence-electron chi connectivity index (χ3n) is 3.65. The average molecular weight is 463 g/mol. The molecule has 1 heterocycles. The zero-order chi connectivity index (χ0) is 15.4. The van der Waals surface area contributed by atoms with Crippen LogP contribution in [0.1, 0.15) is 43.6 Å². The highest BCUT2D eigenvalue weighted by atomic mass is 127. The molecule has 3 N–H and O–H groups in total. The summed E-state index contributed by atoms with van der Waals surface area (Å²) in [4.78, 5) is 0. The summed E-state index contributed by atoms with van der Waals surface area (Å²) in [5, 5.41) is 4.65. The number of hydrogen-bond acceptors (Lipinski definition) is 3. The van der Waals surface area contributed by atoms with Crippen molar-refractivity contribution in [1.82, 2.24) is 15.2 Å². The first-order valence-corrected chi connectivity index (χ1v) is 8.87. The molecule has 0 bridgehead atoms. The van der Waals surface area contributed by atoms with Gasteiger partial charge in [-0.3, -0.25) is 16.0 Å². The summed E-state index contributed by atoms with van der Waals surface area (Å²) in [6.45, 7) is 4.34. The van der Waals surface area contributed by atoms with E-state index in [9.17, 15) is 0 Å². The van der Waals surface area contributed by atoms with Crippen LogP contribution in [0.25, 0.3) is 0 Å². The molecule has 1 aromatic carbocycles. The number of nitrogens with one attached hydrogen (secondary N) is 1. The summed E-state index contributed by atoms with van der Waals surface area (Å²) >= 11 is 5.86. The molecule has 6 heteroatoms. The standard InChI is InChI=1S/C15H20BrIN4/c1-3-10(2)21-7-6-12(20-21)9-15(19-18)13-8-11(16)4-5-14(13)17/h4-8,10,15,19H,3,9,18H2,1-2H3. The Labute approximate surface area is 147 Å². The number of nitrogens with two attached hydrogens (primary N) is 1. The summed E-state index contributed by atoms with van der Waals surface area (Å²) in [6.07, 6.45) is 3.89. The van der Waals surface area contributed by atoms with Crippen LogP contribution < -0.4 is 11.3 Å². The van der Waals surface area contributed by atoms with Crippen LogP contribution in [0.5, 0.6) is 0 Å². The quantitative estimate of drug-likeness (QED) is 0.388. The van der Waals surface area contributed by atoms with Gasteiger partial charge in [-0.25, -0.2) is 0 Å². The van der Waals surface area contributed by atoms with Crippen molar-refractivity contribution in [2.45, 2.75) is 38.8 Å². The first kappa shape index (κ1) is 16.9. The lowest BCUT2D eigenvalue weighted by Crippen LogP contribution is -2.30. The van der Waals surface area contributed by atoms with Gasteiger partial charge >= 0.3 is 0 Å². The van der Waals surface area contributed by atoms with E-state index < -0.39 is 0 Å². The number of hydrogen-bond donors (Lipinski definition) is 2. The molecule has 0 saturated heterocycles. The predicted octanol–water partition coefficient (Wildman–Crippen LogP) is 3.97. The maximum atomic E-state index is 5.76. The molecule has 21 heavy (non-hydrogen) atoms. The van der Waals surface area contributed by atoms with Gasteiger partial charge in [-0.05, 0) is 65.8 Å². The number of rotatable bonds is 6.